The van der Waals surface area contributed by atoms with E-state index in [9.17, 15) is 4.79 Å². The van der Waals surface area contributed by atoms with Crippen LogP contribution in [0.1, 0.15) is 50.6 Å². The Bertz CT molecular complexity index is 1250. The number of hydrogen-bond donors (Lipinski definition) is 0. The van der Waals surface area contributed by atoms with E-state index < -0.39 is 0 Å². The first-order valence-electron chi connectivity index (χ1n) is 11.6. The summed E-state index contributed by atoms with van der Waals surface area (Å²) in [6.07, 6.45) is 7.91. The molecular weight excluding hydrogens is 428 g/mol. The van der Waals surface area contributed by atoms with E-state index in [2.05, 4.69) is 11.1 Å². The fraction of sp³-hybridized carbons (Fsp3) is 0.333. The van der Waals surface area contributed by atoms with Gasteiger partial charge in [0, 0.05) is 51.3 Å². The summed E-state index contributed by atoms with van der Waals surface area (Å²) in [6.45, 7) is 3.30. The van der Waals surface area contributed by atoms with Crippen LogP contribution in [0, 0.1) is 6.92 Å². The highest BCUT2D eigenvalue weighted by Gasteiger charge is 2.27. The molecule has 7 heteroatoms. The number of ether oxygens (including phenoxy) is 2. The van der Waals surface area contributed by atoms with Crippen LogP contribution in [0.5, 0.6) is 5.88 Å². The lowest BCUT2D eigenvalue weighted by Crippen LogP contribution is -2.21. The Balaban J connectivity index is 1.48. The van der Waals surface area contributed by atoms with Crippen molar-refractivity contribution in [2.24, 2.45) is 0 Å². The van der Waals surface area contributed by atoms with Gasteiger partial charge >= 0.3 is 0 Å². The normalized spacial score (nSPS) is 16.8. The molecule has 7 nitrogen and oxygen atoms in total. The summed E-state index contributed by atoms with van der Waals surface area (Å²) in [5.41, 5.74) is 6.91. The molecule has 1 fully saturated rings. The summed E-state index contributed by atoms with van der Waals surface area (Å²) in [7, 11) is 3.52. The Morgan fingerprint density at radius 3 is 2.71 bits per heavy atom. The summed E-state index contributed by atoms with van der Waals surface area (Å²) in [5.74, 6) is 1.33. The van der Waals surface area contributed by atoms with E-state index in [1.54, 1.807) is 31.4 Å². The van der Waals surface area contributed by atoms with Crippen LogP contribution in [0.3, 0.4) is 0 Å². The number of allylic oxidation sites excluding steroid dienone is 1. The largest absolute Gasteiger partial charge is 0.471 e. The number of aromatic nitrogens is 3. The van der Waals surface area contributed by atoms with Gasteiger partial charge in [0.05, 0.1) is 24.5 Å². The van der Waals surface area contributed by atoms with Crippen LogP contribution >= 0.6 is 0 Å². The summed E-state index contributed by atoms with van der Waals surface area (Å²) >= 11 is 0. The van der Waals surface area contributed by atoms with Gasteiger partial charge in [-0.05, 0) is 53.5 Å². The third-order valence-corrected chi connectivity index (χ3v) is 6.27. The van der Waals surface area contributed by atoms with E-state index in [0.717, 1.165) is 46.4 Å². The molecule has 3 heterocycles. The van der Waals surface area contributed by atoms with E-state index in [1.165, 1.54) is 0 Å². The first kappa shape index (κ1) is 22.2. The smallest absolute Gasteiger partial charge is 0.253 e. The predicted molar refractivity (Wildman–Crippen MR) is 129 cm³/mol. The van der Waals surface area contributed by atoms with Gasteiger partial charge in [-0.2, -0.15) is 4.98 Å². The van der Waals surface area contributed by atoms with Gasteiger partial charge in [-0.1, -0.05) is 12.1 Å². The molecule has 1 aliphatic heterocycles. The Hall–Kier alpha value is -3.58. The Kier molecular flexibility index (Phi) is 6.11. The summed E-state index contributed by atoms with van der Waals surface area (Å²) < 4.78 is 11.9. The van der Waals surface area contributed by atoms with E-state index in [-0.39, 0.29) is 12.0 Å². The molecule has 0 saturated carbocycles. The number of amides is 1. The highest BCUT2D eigenvalue weighted by molar-refractivity contribution is 5.94. The number of pyridine rings is 1. The van der Waals surface area contributed by atoms with Gasteiger partial charge in [-0.3, -0.25) is 9.78 Å². The lowest BCUT2D eigenvalue weighted by molar-refractivity contribution is 0.0827. The van der Waals surface area contributed by atoms with Crippen LogP contribution in [-0.2, 0) is 17.6 Å². The zero-order valence-corrected chi connectivity index (χ0v) is 19.7. The van der Waals surface area contributed by atoms with Crippen molar-refractivity contribution in [2.45, 2.75) is 32.3 Å². The number of carbonyl (C=O) groups excluding carboxylic acids is 1. The van der Waals surface area contributed by atoms with E-state index in [1.807, 2.05) is 37.3 Å². The van der Waals surface area contributed by atoms with Crippen molar-refractivity contribution in [1.82, 2.24) is 19.9 Å². The molecule has 0 N–H and O–H groups in total. The van der Waals surface area contributed by atoms with Crippen molar-refractivity contribution in [1.29, 1.82) is 0 Å². The van der Waals surface area contributed by atoms with E-state index >= 15 is 0 Å². The molecule has 1 saturated heterocycles. The molecule has 1 aromatic carbocycles. The second kappa shape index (κ2) is 9.35. The van der Waals surface area contributed by atoms with Crippen molar-refractivity contribution >= 4 is 11.5 Å². The molecule has 174 valence electrons. The van der Waals surface area contributed by atoms with Gasteiger partial charge in [0.2, 0.25) is 5.88 Å². The minimum Gasteiger partial charge on any atom is -0.471 e. The molecule has 1 atom stereocenters. The maximum atomic E-state index is 12.3. The third-order valence-electron chi connectivity index (χ3n) is 6.27. The number of hydrogen-bond acceptors (Lipinski definition) is 6. The number of fused-ring (bicyclic) bond motifs is 1. The third kappa shape index (κ3) is 4.43. The number of nitrogens with zero attached hydrogens (tertiary/aromatic N) is 4. The SMILES string of the molecule is Cc1cc(C(=O)N(C)C)ccc1Cc1nc2c(c(OC3CCOC3)n1)C(c1ccncc1)=CC2. The van der Waals surface area contributed by atoms with Gasteiger partial charge < -0.3 is 14.4 Å². The summed E-state index contributed by atoms with van der Waals surface area (Å²) in [5, 5.41) is 0. The number of aryl methyl sites for hydroxylation is 1. The molecule has 2 aromatic heterocycles. The molecule has 1 unspecified atom stereocenters. The topological polar surface area (TPSA) is 77.4 Å². The lowest BCUT2D eigenvalue weighted by Gasteiger charge is -2.17. The van der Waals surface area contributed by atoms with Gasteiger partial charge in [0.25, 0.3) is 5.91 Å². The highest BCUT2D eigenvalue weighted by Crippen LogP contribution is 2.38. The van der Waals surface area contributed by atoms with Crippen LogP contribution in [0.2, 0.25) is 0 Å². The summed E-state index contributed by atoms with van der Waals surface area (Å²) in [6, 6.07) is 9.79. The number of carbonyl (C=O) groups is 1. The minimum atomic E-state index is -0.00999. The Morgan fingerprint density at radius 1 is 1.18 bits per heavy atom. The maximum absolute atomic E-state index is 12.3. The van der Waals surface area contributed by atoms with Crippen molar-refractivity contribution in [3.8, 4) is 5.88 Å². The highest BCUT2D eigenvalue weighted by atomic mass is 16.5. The van der Waals surface area contributed by atoms with E-state index in [0.29, 0.717) is 36.9 Å². The van der Waals surface area contributed by atoms with Crippen LogP contribution in [-0.4, -0.2) is 59.2 Å². The second-order valence-electron chi connectivity index (χ2n) is 8.95. The maximum Gasteiger partial charge on any atom is 0.253 e. The fourth-order valence-corrected chi connectivity index (χ4v) is 4.43. The fourth-order valence-electron chi connectivity index (χ4n) is 4.43. The standard InChI is InChI=1S/C27H28N4O3/c1-17-14-20(27(32)31(2)3)5-4-19(17)15-24-29-23-7-6-22(18-8-11-28-12-9-18)25(23)26(30-24)34-21-10-13-33-16-21/h4-6,8-9,11-12,14,21H,7,10,13,15-16H2,1-3H3. The zero-order chi connectivity index (χ0) is 23.7. The van der Waals surface area contributed by atoms with Crippen LogP contribution in [0.15, 0.2) is 48.8 Å². The first-order valence-corrected chi connectivity index (χ1v) is 11.6. The van der Waals surface area contributed by atoms with Crippen LogP contribution in [0.4, 0.5) is 0 Å². The van der Waals surface area contributed by atoms with Crippen molar-refractivity contribution in [3.63, 3.8) is 0 Å². The van der Waals surface area contributed by atoms with Gasteiger partial charge in [-0.25, -0.2) is 4.98 Å². The second-order valence-corrected chi connectivity index (χ2v) is 8.95. The predicted octanol–water partition coefficient (Wildman–Crippen LogP) is 3.63. The molecule has 3 aromatic rings. The molecular formula is C27H28N4O3. The van der Waals surface area contributed by atoms with Crippen LogP contribution in [0.25, 0.3) is 5.57 Å². The number of benzene rings is 1. The molecule has 34 heavy (non-hydrogen) atoms. The quantitative estimate of drug-likeness (QED) is 0.564. The first-order chi connectivity index (χ1) is 16.5. The molecule has 2 aliphatic rings. The lowest BCUT2D eigenvalue weighted by atomic mass is 10.0. The van der Waals surface area contributed by atoms with Gasteiger partial charge in [-0.15, -0.1) is 0 Å². The van der Waals surface area contributed by atoms with Crippen LogP contribution < -0.4 is 4.74 Å². The number of rotatable bonds is 6. The Labute approximate surface area is 199 Å². The van der Waals surface area contributed by atoms with Gasteiger partial charge in [0.1, 0.15) is 11.9 Å². The summed E-state index contributed by atoms with van der Waals surface area (Å²) in [4.78, 5) is 27.9. The average molecular weight is 457 g/mol. The molecule has 1 aliphatic carbocycles. The monoisotopic (exact) mass is 456 g/mol. The molecule has 5 rings (SSSR count). The zero-order valence-electron chi connectivity index (χ0n) is 19.7. The average Bonchev–Trinajstić information content (AvgIpc) is 3.50. The van der Waals surface area contributed by atoms with Crippen molar-refractivity contribution in [3.05, 3.63) is 88.1 Å². The van der Waals surface area contributed by atoms with E-state index in [4.69, 9.17) is 19.4 Å². The molecule has 0 bridgehead atoms. The molecule has 0 spiro atoms. The molecule has 1 amide bonds. The van der Waals surface area contributed by atoms with Crippen molar-refractivity contribution < 1.29 is 14.3 Å². The Morgan fingerprint density at radius 2 is 2.00 bits per heavy atom. The van der Waals surface area contributed by atoms with Crippen molar-refractivity contribution in [2.75, 3.05) is 27.3 Å². The minimum absolute atomic E-state index is 0.00684. The van der Waals surface area contributed by atoms with Gasteiger partial charge in [0.15, 0.2) is 0 Å². The molecule has 0 radical (unpaired) electrons.